The van der Waals surface area contributed by atoms with E-state index in [1.54, 1.807) is 50.9 Å². The van der Waals surface area contributed by atoms with Crippen molar-refractivity contribution in [1.29, 1.82) is 0 Å². The fourth-order valence-electron chi connectivity index (χ4n) is 6.24. The Bertz CT molecular complexity index is 1970. The number of hydrogen-bond acceptors (Lipinski definition) is 7. The van der Waals surface area contributed by atoms with Gasteiger partial charge in [0.2, 0.25) is 0 Å². The van der Waals surface area contributed by atoms with Gasteiger partial charge >= 0.3 is 0 Å². The number of aldehydes is 1. The highest BCUT2D eigenvalue weighted by Crippen LogP contribution is 2.50. The zero-order valence-corrected chi connectivity index (χ0v) is 31.4. The lowest BCUT2D eigenvalue weighted by molar-refractivity contribution is -0.107. The summed E-state index contributed by atoms with van der Waals surface area (Å²) in [6.07, 6.45) is 5.34. The molecule has 0 radical (unpaired) electrons. The van der Waals surface area contributed by atoms with Gasteiger partial charge in [-0.3, -0.25) is 4.79 Å². The number of halogens is 1. The van der Waals surface area contributed by atoms with Crippen molar-refractivity contribution in [3.05, 3.63) is 130 Å². The number of hydrogen-bond donors (Lipinski definition) is 3. The number of amides is 1. The quantitative estimate of drug-likeness (QED) is 0.109. The number of aliphatic hydroxyl groups excluding tert-OH is 1. The van der Waals surface area contributed by atoms with Crippen LogP contribution in [0.15, 0.2) is 83.5 Å². The molecule has 7 nitrogen and oxygen atoms in total. The molecule has 0 aliphatic carbocycles. The molecule has 6 rings (SSSR count). The van der Waals surface area contributed by atoms with E-state index in [0.29, 0.717) is 25.1 Å². The first-order valence-corrected chi connectivity index (χ1v) is 17.9. The molecule has 0 bridgehead atoms. The molecule has 9 heteroatoms. The Balaban J connectivity index is 0.000000768. The first-order chi connectivity index (χ1) is 24.3. The maximum atomic E-state index is 13.4. The zero-order chi connectivity index (χ0) is 37.5. The summed E-state index contributed by atoms with van der Waals surface area (Å²) in [6.45, 7) is 12.2. The summed E-state index contributed by atoms with van der Waals surface area (Å²) in [5, 5.41) is 18.6. The van der Waals surface area contributed by atoms with Crippen LogP contribution in [-0.2, 0) is 24.2 Å². The van der Waals surface area contributed by atoms with Gasteiger partial charge in [0.25, 0.3) is 5.91 Å². The number of fused-ring (bicyclic) bond motifs is 3. The van der Waals surface area contributed by atoms with Crippen LogP contribution < -0.4 is 9.62 Å². The highest BCUT2D eigenvalue weighted by atomic mass is 32.2. The van der Waals surface area contributed by atoms with E-state index in [9.17, 15) is 14.0 Å². The first kappa shape index (κ1) is 39.1. The van der Waals surface area contributed by atoms with E-state index < -0.39 is 5.60 Å². The van der Waals surface area contributed by atoms with Gasteiger partial charge in [-0.05, 0) is 116 Å². The van der Waals surface area contributed by atoms with Crippen LogP contribution in [0.5, 0.6) is 0 Å². The number of nitrogens with one attached hydrogen (secondary N) is 1. The number of nitrogens with zero attached hydrogens (tertiary/aromatic N) is 1. The van der Waals surface area contributed by atoms with Gasteiger partial charge in [0.15, 0.2) is 5.76 Å². The maximum absolute atomic E-state index is 13.4. The predicted octanol–water partition coefficient (Wildman–Crippen LogP) is 9.25. The molecule has 1 aromatic heterocycles. The SMILES string of the molecule is CC(C)(C)O.CO.CSN1Cc2ccc(NC(=O)c3occc3Cc3ccc(F)cc3)cc2-c2c(C)c(-c3ccc(C)cc3)c(CC=O)c(C)c21. The second kappa shape index (κ2) is 17.0. The third kappa shape index (κ3) is 9.35. The third-order valence-electron chi connectivity index (χ3n) is 8.41. The minimum atomic E-state index is -0.500. The molecule has 1 aliphatic heterocycles. The van der Waals surface area contributed by atoms with Gasteiger partial charge in [-0.25, -0.2) is 4.39 Å². The van der Waals surface area contributed by atoms with E-state index in [-0.39, 0.29) is 17.5 Å². The number of aliphatic hydroxyl groups is 2. The molecule has 0 unspecified atom stereocenters. The lowest BCUT2D eigenvalue weighted by Crippen LogP contribution is -2.22. The van der Waals surface area contributed by atoms with Crippen LogP contribution in [0, 0.1) is 26.6 Å². The van der Waals surface area contributed by atoms with Gasteiger partial charge < -0.3 is 29.0 Å². The number of carbonyl (C=O) groups is 2. The minimum absolute atomic E-state index is 0.230. The lowest BCUT2D eigenvalue weighted by atomic mass is 9.81. The zero-order valence-electron chi connectivity index (χ0n) is 30.6. The molecule has 0 saturated heterocycles. The van der Waals surface area contributed by atoms with E-state index >= 15 is 0 Å². The fraction of sp³-hybridized carbons (Fsp3) is 0.286. The Morgan fingerprint density at radius 2 is 1.61 bits per heavy atom. The van der Waals surface area contributed by atoms with Crippen LogP contribution in [0.2, 0.25) is 0 Å². The molecule has 3 N–H and O–H groups in total. The predicted molar refractivity (Wildman–Crippen MR) is 207 cm³/mol. The summed E-state index contributed by atoms with van der Waals surface area (Å²) in [4.78, 5) is 25.3. The molecular formula is C42H47FN2O5S. The van der Waals surface area contributed by atoms with Gasteiger partial charge in [0, 0.05) is 43.0 Å². The molecule has 0 spiro atoms. The smallest absolute Gasteiger partial charge is 0.291 e. The summed E-state index contributed by atoms with van der Waals surface area (Å²) >= 11 is 1.66. The number of benzene rings is 4. The highest BCUT2D eigenvalue weighted by Gasteiger charge is 2.30. The van der Waals surface area contributed by atoms with Crippen LogP contribution in [0.25, 0.3) is 22.3 Å². The molecule has 0 saturated carbocycles. The van der Waals surface area contributed by atoms with Crippen LogP contribution in [0.3, 0.4) is 0 Å². The molecule has 0 fully saturated rings. The normalized spacial score (nSPS) is 11.7. The number of rotatable bonds is 8. The summed E-state index contributed by atoms with van der Waals surface area (Å²) < 4.78 is 21.3. The summed E-state index contributed by atoms with van der Waals surface area (Å²) in [5.74, 6) is -0.415. The number of carbonyl (C=O) groups excluding carboxylic acids is 2. The second-order valence-electron chi connectivity index (χ2n) is 13.4. The van der Waals surface area contributed by atoms with Gasteiger partial charge in [-0.2, -0.15) is 0 Å². The Kier molecular flexibility index (Phi) is 13.0. The van der Waals surface area contributed by atoms with Crippen LogP contribution in [-0.4, -0.2) is 41.4 Å². The van der Waals surface area contributed by atoms with Gasteiger partial charge in [-0.15, -0.1) is 0 Å². The van der Waals surface area contributed by atoms with Crippen molar-refractivity contribution < 1.29 is 28.6 Å². The van der Waals surface area contributed by atoms with E-state index in [4.69, 9.17) is 14.6 Å². The van der Waals surface area contributed by atoms with Crippen molar-refractivity contribution in [1.82, 2.24) is 0 Å². The molecule has 1 amide bonds. The van der Waals surface area contributed by atoms with Crippen molar-refractivity contribution in [2.75, 3.05) is 23.0 Å². The summed E-state index contributed by atoms with van der Waals surface area (Å²) in [6, 6.07) is 22.5. The largest absolute Gasteiger partial charge is 0.459 e. The van der Waals surface area contributed by atoms with Crippen molar-refractivity contribution in [2.24, 2.45) is 0 Å². The molecular weight excluding hydrogens is 664 g/mol. The highest BCUT2D eigenvalue weighted by molar-refractivity contribution is 7.99. The van der Waals surface area contributed by atoms with E-state index in [1.807, 2.05) is 12.1 Å². The van der Waals surface area contributed by atoms with Gasteiger partial charge in [0.05, 0.1) is 24.1 Å². The minimum Gasteiger partial charge on any atom is -0.459 e. The maximum Gasteiger partial charge on any atom is 0.291 e. The third-order valence-corrected chi connectivity index (χ3v) is 9.16. The fourth-order valence-corrected chi connectivity index (χ4v) is 6.92. The molecule has 268 valence electrons. The van der Waals surface area contributed by atoms with Crippen LogP contribution >= 0.6 is 11.9 Å². The Labute approximate surface area is 304 Å². The monoisotopic (exact) mass is 710 g/mol. The molecule has 1 aliphatic rings. The number of aryl methyl sites for hydroxylation is 1. The number of furan rings is 1. The Morgan fingerprint density at radius 1 is 0.961 bits per heavy atom. The molecule has 51 heavy (non-hydrogen) atoms. The summed E-state index contributed by atoms with van der Waals surface area (Å²) in [7, 11) is 1.00. The van der Waals surface area contributed by atoms with Gasteiger partial charge in [-0.1, -0.05) is 60.0 Å². The molecule has 4 aromatic carbocycles. The van der Waals surface area contributed by atoms with Crippen LogP contribution in [0.1, 0.15) is 70.3 Å². The second-order valence-corrected chi connectivity index (χ2v) is 14.2. The molecule has 2 heterocycles. The van der Waals surface area contributed by atoms with Crippen molar-refractivity contribution in [2.45, 2.75) is 66.5 Å². The first-order valence-electron chi connectivity index (χ1n) is 16.7. The van der Waals surface area contributed by atoms with Crippen molar-refractivity contribution in [3.8, 4) is 22.3 Å². The van der Waals surface area contributed by atoms with E-state index in [1.165, 1.54) is 24.0 Å². The van der Waals surface area contributed by atoms with Crippen molar-refractivity contribution in [3.63, 3.8) is 0 Å². The van der Waals surface area contributed by atoms with E-state index in [0.717, 1.165) is 74.7 Å². The summed E-state index contributed by atoms with van der Waals surface area (Å²) in [5.41, 5.74) is 12.8. The van der Waals surface area contributed by atoms with Crippen molar-refractivity contribution >= 4 is 35.5 Å². The lowest BCUT2D eigenvalue weighted by Gasteiger charge is -2.36. The standard InChI is InChI=1S/C37H33FN2O3S.C4H10O.CH4O/c1-22-5-9-26(10-6-22)33-24(3)34-32-20-30(14-11-28(32)21-40(44-4)35(34)23(2)31(33)15-17-41)39-37(42)36-27(16-18-43-36)19-25-7-12-29(38)13-8-25;1-4(2,3)5;1-2/h5-14,16-18,20H,15,19,21H2,1-4H3,(H,39,42);5H,1-3H3;2H,1H3. The van der Waals surface area contributed by atoms with E-state index in [2.05, 4.69) is 67.0 Å². The molecule has 5 aromatic rings. The molecule has 0 atom stereocenters. The Morgan fingerprint density at radius 3 is 2.22 bits per heavy atom. The van der Waals surface area contributed by atoms with Crippen LogP contribution in [0.4, 0.5) is 15.8 Å². The number of anilines is 2. The topological polar surface area (TPSA) is 103 Å². The van der Waals surface area contributed by atoms with Gasteiger partial charge in [0.1, 0.15) is 12.1 Å². The average Bonchev–Trinajstić information content (AvgIpc) is 3.56. The Hall–Kier alpha value is -4.70. The average molecular weight is 711 g/mol.